The summed E-state index contributed by atoms with van der Waals surface area (Å²) in [6, 6.07) is 10.7. The van der Waals surface area contributed by atoms with Gasteiger partial charge in [0, 0.05) is 25.2 Å². The van der Waals surface area contributed by atoms with E-state index in [-0.39, 0.29) is 23.8 Å². The monoisotopic (exact) mass is 358 g/mol. The van der Waals surface area contributed by atoms with Crippen molar-refractivity contribution in [2.24, 2.45) is 0 Å². The van der Waals surface area contributed by atoms with Crippen molar-refractivity contribution in [1.29, 1.82) is 0 Å². The van der Waals surface area contributed by atoms with Crippen LogP contribution in [0.1, 0.15) is 45.1 Å². The third-order valence-electron chi connectivity index (χ3n) is 4.60. The summed E-state index contributed by atoms with van der Waals surface area (Å²) >= 11 is 0. The molecular weight excluding hydrogens is 332 g/mol. The van der Waals surface area contributed by atoms with Crippen LogP contribution in [0.5, 0.6) is 11.8 Å². The highest BCUT2D eigenvalue weighted by atomic mass is 16.6. The number of piperidine rings is 1. The summed E-state index contributed by atoms with van der Waals surface area (Å²) < 4.78 is 6.89. The minimum Gasteiger partial charge on any atom is -0.494 e. The maximum absolute atomic E-state index is 12.2. The van der Waals surface area contributed by atoms with Crippen LogP contribution < -0.4 is 0 Å². The maximum atomic E-state index is 12.2. The number of nitrogens with zero attached hydrogens (tertiary/aromatic N) is 2. The van der Waals surface area contributed by atoms with Gasteiger partial charge in [-0.15, -0.1) is 0 Å². The van der Waals surface area contributed by atoms with Gasteiger partial charge in [-0.1, -0.05) is 18.2 Å². The number of amides is 1. The van der Waals surface area contributed by atoms with Crippen LogP contribution in [-0.4, -0.2) is 44.5 Å². The lowest BCUT2D eigenvalue weighted by Gasteiger charge is -2.34. The van der Waals surface area contributed by atoms with Gasteiger partial charge in [-0.05, 0) is 51.2 Å². The second kappa shape index (κ2) is 6.94. The highest BCUT2D eigenvalue weighted by Gasteiger charge is 2.29. The predicted molar refractivity (Wildman–Crippen MR) is 98.9 cm³/mol. The molecule has 140 valence electrons. The zero-order chi connectivity index (χ0) is 18.9. The van der Waals surface area contributed by atoms with Crippen molar-refractivity contribution in [3.05, 3.63) is 42.0 Å². The summed E-state index contributed by atoms with van der Waals surface area (Å²) in [7, 11) is 0. The minimum atomic E-state index is -0.496. The Morgan fingerprint density at radius 3 is 2.19 bits per heavy atom. The predicted octanol–water partition coefficient (Wildman–Crippen LogP) is 4.00. The first-order valence-corrected chi connectivity index (χ1v) is 8.93. The van der Waals surface area contributed by atoms with Gasteiger partial charge in [-0.3, -0.25) is 4.57 Å². The largest absolute Gasteiger partial charge is 0.494 e. The average molecular weight is 358 g/mol. The third-order valence-corrected chi connectivity index (χ3v) is 4.60. The number of para-hydroxylation sites is 1. The van der Waals surface area contributed by atoms with E-state index in [2.05, 4.69) is 0 Å². The second-order valence-corrected chi connectivity index (χ2v) is 7.69. The third kappa shape index (κ3) is 3.79. The Hall–Kier alpha value is -2.63. The summed E-state index contributed by atoms with van der Waals surface area (Å²) in [6.45, 7) is 6.84. The lowest BCUT2D eigenvalue weighted by atomic mass is 9.88. The van der Waals surface area contributed by atoms with Gasteiger partial charge < -0.3 is 19.8 Å². The van der Waals surface area contributed by atoms with E-state index in [1.807, 2.05) is 45.0 Å². The number of hydrogen-bond donors (Lipinski definition) is 2. The van der Waals surface area contributed by atoms with E-state index in [1.54, 1.807) is 4.90 Å². The molecule has 0 bridgehead atoms. The first-order valence-electron chi connectivity index (χ1n) is 8.93. The molecule has 1 aromatic heterocycles. The molecule has 1 fully saturated rings. The highest BCUT2D eigenvalue weighted by molar-refractivity contribution is 5.68. The number of hydrogen-bond acceptors (Lipinski definition) is 4. The Balaban J connectivity index is 1.76. The van der Waals surface area contributed by atoms with E-state index < -0.39 is 5.60 Å². The smallest absolute Gasteiger partial charge is 0.410 e. The highest BCUT2D eigenvalue weighted by Crippen LogP contribution is 2.36. The number of aromatic hydroxyl groups is 2. The molecule has 1 aliphatic rings. The fourth-order valence-corrected chi connectivity index (χ4v) is 3.40. The first kappa shape index (κ1) is 18.2. The Labute approximate surface area is 153 Å². The Bertz CT molecular complexity index is 764. The molecular formula is C20H26N2O4. The second-order valence-electron chi connectivity index (χ2n) is 7.69. The standard InChI is InChI=1S/C20H26N2O4/c1-20(2,3)26-19(25)21-12-10-14(11-13-21)15-6-4-5-7-16(15)22-17(23)8-9-18(22)24/h4-9,14,23-24H,10-13H2,1-3H3. The summed E-state index contributed by atoms with van der Waals surface area (Å²) in [6.07, 6.45) is 1.34. The topological polar surface area (TPSA) is 74.9 Å². The molecule has 0 atom stereocenters. The number of likely N-dealkylation sites (tertiary alicyclic amines) is 1. The van der Waals surface area contributed by atoms with Crippen molar-refractivity contribution in [2.45, 2.75) is 45.1 Å². The fourth-order valence-electron chi connectivity index (χ4n) is 3.40. The summed E-state index contributed by atoms with van der Waals surface area (Å²) in [4.78, 5) is 14.0. The first-order chi connectivity index (χ1) is 12.3. The molecule has 0 aliphatic carbocycles. The number of carbonyl (C=O) groups is 1. The molecule has 6 nitrogen and oxygen atoms in total. The SMILES string of the molecule is CC(C)(C)OC(=O)N1CCC(c2ccccc2-n2c(O)ccc2O)CC1. The van der Waals surface area contributed by atoms with Crippen LogP contribution in [0.2, 0.25) is 0 Å². The summed E-state index contributed by atoms with van der Waals surface area (Å²) in [5, 5.41) is 20.1. The van der Waals surface area contributed by atoms with Gasteiger partial charge in [0.05, 0.1) is 5.69 Å². The van der Waals surface area contributed by atoms with Crippen LogP contribution in [0.4, 0.5) is 4.79 Å². The van der Waals surface area contributed by atoms with Crippen LogP contribution in [0.15, 0.2) is 36.4 Å². The van der Waals surface area contributed by atoms with Gasteiger partial charge in [0.1, 0.15) is 5.60 Å². The van der Waals surface area contributed by atoms with Gasteiger partial charge in [0.25, 0.3) is 0 Å². The van der Waals surface area contributed by atoms with Gasteiger partial charge in [-0.2, -0.15) is 0 Å². The molecule has 1 aliphatic heterocycles. The Kier molecular flexibility index (Phi) is 4.85. The van der Waals surface area contributed by atoms with E-state index in [9.17, 15) is 15.0 Å². The molecule has 0 saturated carbocycles. The van der Waals surface area contributed by atoms with Gasteiger partial charge in [-0.25, -0.2) is 4.79 Å². The van der Waals surface area contributed by atoms with E-state index in [1.165, 1.54) is 16.7 Å². The van der Waals surface area contributed by atoms with Gasteiger partial charge >= 0.3 is 6.09 Å². The average Bonchev–Trinajstić information content (AvgIpc) is 2.92. The normalized spacial score (nSPS) is 15.9. The molecule has 1 aromatic carbocycles. The molecule has 6 heteroatoms. The summed E-state index contributed by atoms with van der Waals surface area (Å²) in [5.41, 5.74) is 1.32. The van der Waals surface area contributed by atoms with Crippen molar-refractivity contribution >= 4 is 6.09 Å². The lowest BCUT2D eigenvalue weighted by molar-refractivity contribution is 0.0205. The molecule has 0 radical (unpaired) electrons. The molecule has 2 N–H and O–H groups in total. The molecule has 0 spiro atoms. The Morgan fingerprint density at radius 2 is 1.62 bits per heavy atom. The van der Waals surface area contributed by atoms with E-state index in [4.69, 9.17) is 4.74 Å². The number of ether oxygens (including phenoxy) is 1. The van der Waals surface area contributed by atoms with E-state index in [0.717, 1.165) is 24.1 Å². The van der Waals surface area contributed by atoms with Crippen LogP contribution in [0, 0.1) is 0 Å². The zero-order valence-electron chi connectivity index (χ0n) is 15.5. The fraction of sp³-hybridized carbons (Fsp3) is 0.450. The van der Waals surface area contributed by atoms with Crippen LogP contribution in [-0.2, 0) is 4.74 Å². The molecule has 1 amide bonds. The zero-order valence-corrected chi connectivity index (χ0v) is 15.5. The molecule has 2 heterocycles. The Morgan fingerprint density at radius 1 is 1.04 bits per heavy atom. The number of aromatic nitrogens is 1. The van der Waals surface area contributed by atoms with Crippen molar-refractivity contribution in [1.82, 2.24) is 9.47 Å². The van der Waals surface area contributed by atoms with Crippen molar-refractivity contribution in [2.75, 3.05) is 13.1 Å². The van der Waals surface area contributed by atoms with Crippen LogP contribution >= 0.6 is 0 Å². The molecule has 26 heavy (non-hydrogen) atoms. The summed E-state index contributed by atoms with van der Waals surface area (Å²) in [5.74, 6) is 0.244. The molecule has 1 saturated heterocycles. The van der Waals surface area contributed by atoms with Gasteiger partial charge in [0.15, 0.2) is 11.8 Å². The van der Waals surface area contributed by atoms with Crippen molar-refractivity contribution < 1.29 is 19.7 Å². The quantitative estimate of drug-likeness (QED) is 0.851. The molecule has 2 aromatic rings. The molecule has 0 unspecified atom stereocenters. The van der Waals surface area contributed by atoms with Crippen LogP contribution in [0.25, 0.3) is 5.69 Å². The van der Waals surface area contributed by atoms with Crippen molar-refractivity contribution in [3.63, 3.8) is 0 Å². The van der Waals surface area contributed by atoms with E-state index in [0.29, 0.717) is 13.1 Å². The lowest BCUT2D eigenvalue weighted by Crippen LogP contribution is -2.41. The van der Waals surface area contributed by atoms with Crippen molar-refractivity contribution in [3.8, 4) is 17.4 Å². The minimum absolute atomic E-state index is 0.00106. The molecule has 3 rings (SSSR count). The number of carbonyl (C=O) groups excluding carboxylic acids is 1. The van der Waals surface area contributed by atoms with E-state index >= 15 is 0 Å². The maximum Gasteiger partial charge on any atom is 0.410 e. The van der Waals surface area contributed by atoms with Crippen LogP contribution in [0.3, 0.4) is 0 Å². The van der Waals surface area contributed by atoms with Gasteiger partial charge in [0.2, 0.25) is 0 Å². The number of benzene rings is 1. The number of rotatable bonds is 2.